The number of rotatable bonds is 9. The van der Waals surface area contributed by atoms with E-state index in [1.54, 1.807) is 0 Å². The number of imidazole rings is 1. The summed E-state index contributed by atoms with van der Waals surface area (Å²) >= 11 is 0. The molecule has 0 amide bonds. The van der Waals surface area contributed by atoms with Gasteiger partial charge in [-0.05, 0) is 87.6 Å². The summed E-state index contributed by atoms with van der Waals surface area (Å²) in [6.45, 7) is 27.4. The van der Waals surface area contributed by atoms with E-state index in [1.807, 2.05) is 36.4 Å². The SMILES string of the molecule is CC(C)Cc1cc(-c2[c-]cccc2)ncc1[Si](C)(C)C.CC(C)c1cc(-c2ccccc2)cc(C(C)C)c1-n1c(-c2[c-]ccc3c2oc2ccccc23)nc2nc(C(C)(C)C)ccc21.[Ir]. The largest absolute Gasteiger partial charge is 0.501 e. The van der Waals surface area contributed by atoms with Crippen LogP contribution in [0.25, 0.3) is 72.6 Å². The zero-order valence-electron chi connectivity index (χ0n) is 40.1. The second-order valence-corrected chi connectivity index (χ2v) is 25.3. The van der Waals surface area contributed by atoms with E-state index < -0.39 is 8.07 Å². The maximum atomic E-state index is 6.53. The Morgan fingerprint density at radius 3 is 2.00 bits per heavy atom. The zero-order valence-corrected chi connectivity index (χ0v) is 43.5. The van der Waals surface area contributed by atoms with Crippen LogP contribution in [0.4, 0.5) is 0 Å². The summed E-state index contributed by atoms with van der Waals surface area (Å²) in [5.74, 6) is 1.99. The van der Waals surface area contributed by atoms with Gasteiger partial charge >= 0.3 is 0 Å². The maximum Gasteiger partial charge on any atom is 0.168 e. The van der Waals surface area contributed by atoms with E-state index in [0.717, 1.165) is 67.9 Å². The molecule has 0 fully saturated rings. The van der Waals surface area contributed by atoms with E-state index in [0.29, 0.717) is 5.92 Å². The van der Waals surface area contributed by atoms with E-state index in [9.17, 15) is 0 Å². The summed E-state index contributed by atoms with van der Waals surface area (Å²) in [5, 5.41) is 3.64. The molecule has 0 aliphatic heterocycles. The van der Waals surface area contributed by atoms with Gasteiger partial charge in [-0.15, -0.1) is 54.1 Å². The third-order valence-electron chi connectivity index (χ3n) is 12.0. The molecule has 9 rings (SSSR count). The number of fused-ring (bicyclic) bond motifs is 4. The van der Waals surface area contributed by atoms with Gasteiger partial charge in [0.15, 0.2) is 5.65 Å². The average molecular weight is 1050 g/mol. The van der Waals surface area contributed by atoms with Crippen molar-refractivity contribution in [3.05, 3.63) is 162 Å². The Hall–Kier alpha value is -5.46. The molecule has 7 heteroatoms. The monoisotopic (exact) mass is 1050 g/mol. The molecule has 1 radical (unpaired) electrons. The van der Waals surface area contributed by atoms with Gasteiger partial charge in [-0.25, -0.2) is 4.98 Å². The van der Waals surface area contributed by atoms with Gasteiger partial charge in [0.05, 0.1) is 25.0 Å². The Kier molecular flexibility index (Phi) is 14.0. The van der Waals surface area contributed by atoms with Crippen molar-refractivity contribution in [1.29, 1.82) is 0 Å². The van der Waals surface area contributed by atoms with Gasteiger partial charge in [0.2, 0.25) is 0 Å². The molecule has 0 aliphatic carbocycles. The number of aromatic nitrogens is 4. The first kappa shape index (κ1) is 47.5. The summed E-state index contributed by atoms with van der Waals surface area (Å²) < 4.78 is 8.86. The number of pyridine rings is 2. The minimum Gasteiger partial charge on any atom is -0.501 e. The molecule has 5 aromatic carbocycles. The summed E-state index contributed by atoms with van der Waals surface area (Å²) in [6.07, 6.45) is 3.24. The van der Waals surface area contributed by atoms with Crippen LogP contribution in [0.2, 0.25) is 19.6 Å². The maximum absolute atomic E-state index is 6.53. The Bertz CT molecular complexity index is 3050. The second-order valence-electron chi connectivity index (χ2n) is 20.3. The Morgan fingerprint density at radius 2 is 1.37 bits per heavy atom. The van der Waals surface area contributed by atoms with Crippen molar-refractivity contribution in [3.8, 4) is 39.5 Å². The quantitative estimate of drug-likeness (QED) is 0.107. The smallest absolute Gasteiger partial charge is 0.168 e. The summed E-state index contributed by atoms with van der Waals surface area (Å²) in [5.41, 5.74) is 14.9. The number of furan rings is 1. The van der Waals surface area contributed by atoms with Crippen molar-refractivity contribution < 1.29 is 24.5 Å². The second kappa shape index (κ2) is 19.2. The molecule has 65 heavy (non-hydrogen) atoms. The Labute approximate surface area is 401 Å². The number of nitrogens with zero attached hydrogens (tertiary/aromatic N) is 4. The number of para-hydroxylation sites is 1. The van der Waals surface area contributed by atoms with Gasteiger partial charge in [-0.2, -0.15) is 0 Å². The molecule has 0 bridgehead atoms. The third-order valence-corrected chi connectivity index (χ3v) is 14.1. The fourth-order valence-corrected chi connectivity index (χ4v) is 10.3. The van der Waals surface area contributed by atoms with Crippen LogP contribution in [0.5, 0.6) is 0 Å². The van der Waals surface area contributed by atoms with Crippen LogP contribution in [-0.2, 0) is 31.9 Å². The molecule has 9 aromatic rings. The van der Waals surface area contributed by atoms with E-state index in [-0.39, 0.29) is 37.4 Å². The fourth-order valence-electron chi connectivity index (χ4n) is 8.73. The van der Waals surface area contributed by atoms with Crippen LogP contribution in [0.3, 0.4) is 0 Å². The van der Waals surface area contributed by atoms with Crippen LogP contribution in [-0.4, -0.2) is 27.6 Å². The Morgan fingerprint density at radius 1 is 0.692 bits per heavy atom. The number of benzene rings is 5. The van der Waals surface area contributed by atoms with Gasteiger partial charge < -0.3 is 14.0 Å². The summed E-state index contributed by atoms with van der Waals surface area (Å²) in [7, 11) is -1.34. The minimum atomic E-state index is -1.34. The molecule has 5 nitrogen and oxygen atoms in total. The van der Waals surface area contributed by atoms with Crippen LogP contribution < -0.4 is 5.19 Å². The molecule has 0 atom stereocenters. The summed E-state index contributed by atoms with van der Waals surface area (Å²) in [4.78, 5) is 15.1. The van der Waals surface area contributed by atoms with Gasteiger partial charge in [0.25, 0.3) is 0 Å². The van der Waals surface area contributed by atoms with Crippen molar-refractivity contribution in [1.82, 2.24) is 19.5 Å². The molecule has 0 saturated heterocycles. The van der Waals surface area contributed by atoms with Crippen LogP contribution >= 0.6 is 0 Å². The van der Waals surface area contributed by atoms with E-state index >= 15 is 0 Å². The van der Waals surface area contributed by atoms with E-state index in [4.69, 9.17) is 14.4 Å². The molecule has 0 N–H and O–H groups in total. The molecular formula is C58H62IrN4OSi-2. The molecule has 0 saturated carbocycles. The van der Waals surface area contributed by atoms with Crippen LogP contribution in [0.15, 0.2) is 132 Å². The molecule has 4 heterocycles. The topological polar surface area (TPSA) is 56.7 Å². The van der Waals surface area contributed by atoms with Gasteiger partial charge in [-0.1, -0.05) is 153 Å². The third kappa shape index (κ3) is 9.89. The molecule has 335 valence electrons. The predicted molar refractivity (Wildman–Crippen MR) is 273 cm³/mol. The minimum absolute atomic E-state index is 0. The fraction of sp³-hybridized carbons (Fsp3) is 0.293. The predicted octanol–water partition coefficient (Wildman–Crippen LogP) is 15.3. The van der Waals surface area contributed by atoms with E-state index in [1.165, 1.54) is 38.7 Å². The summed E-state index contributed by atoms with van der Waals surface area (Å²) in [6, 6.07) is 49.2. The molecule has 0 aliphatic rings. The van der Waals surface area contributed by atoms with Crippen molar-refractivity contribution >= 4 is 46.4 Å². The van der Waals surface area contributed by atoms with Gasteiger partial charge in [0.1, 0.15) is 5.58 Å². The number of hydrogen-bond donors (Lipinski definition) is 0. The van der Waals surface area contributed by atoms with Crippen LogP contribution in [0.1, 0.15) is 96.5 Å². The molecular weight excluding hydrogens is 989 g/mol. The molecule has 0 spiro atoms. The van der Waals surface area contributed by atoms with E-state index in [2.05, 4.69) is 195 Å². The Balaban J connectivity index is 0.000000253. The first-order chi connectivity index (χ1) is 30.5. The van der Waals surface area contributed by atoms with Crippen molar-refractivity contribution in [3.63, 3.8) is 0 Å². The van der Waals surface area contributed by atoms with Crippen molar-refractivity contribution in [2.24, 2.45) is 5.92 Å². The normalized spacial score (nSPS) is 12.0. The van der Waals surface area contributed by atoms with Crippen molar-refractivity contribution in [2.75, 3.05) is 0 Å². The zero-order chi connectivity index (χ0) is 45.5. The van der Waals surface area contributed by atoms with Crippen LogP contribution in [0, 0.1) is 18.1 Å². The van der Waals surface area contributed by atoms with Gasteiger partial charge in [0, 0.05) is 48.5 Å². The first-order valence-corrected chi connectivity index (χ1v) is 26.4. The standard InChI is InChI=1S/C40H38N3O.C18H24NSi.Ir/c1-24(2)31-22-27(26-14-9-8-10-15-26)23-32(25(3)4)36(31)43-33-20-21-35(40(5,6)7)41-38(33)42-39(43)30-18-13-17-29-28-16-11-12-19-34(28)44-37(29)30;1-14(2)11-16-12-17(15-9-7-6-8-10-15)19-13-18(16)20(3,4)5;/h8-17,19-25H,1-7H3;6-9,12-14H,11H2,1-5H3;/q2*-1;. The first-order valence-electron chi connectivity index (χ1n) is 22.9. The van der Waals surface area contributed by atoms with Gasteiger partial charge in [-0.3, -0.25) is 4.98 Å². The molecule has 0 unspecified atom stereocenters. The van der Waals surface area contributed by atoms with Crippen molar-refractivity contribution in [2.45, 2.75) is 106 Å². The number of hydrogen-bond acceptors (Lipinski definition) is 4. The molecule has 4 aromatic heterocycles. The average Bonchev–Trinajstić information content (AvgIpc) is 3.84.